The summed E-state index contributed by atoms with van der Waals surface area (Å²) < 4.78 is 0. The van der Waals surface area contributed by atoms with E-state index in [1.165, 1.54) is 51.4 Å². The molecule has 0 saturated heterocycles. The van der Waals surface area contributed by atoms with Crippen molar-refractivity contribution in [1.29, 1.82) is 0 Å². The van der Waals surface area contributed by atoms with E-state index >= 15 is 0 Å². The summed E-state index contributed by atoms with van der Waals surface area (Å²) in [4.78, 5) is 0. The molecule has 1 unspecified atom stereocenters. The van der Waals surface area contributed by atoms with Crippen LogP contribution in [-0.2, 0) is 0 Å². The molecule has 0 aliphatic heterocycles. The van der Waals surface area contributed by atoms with Crippen LogP contribution in [0.1, 0.15) is 58.3 Å². The lowest BCUT2D eigenvalue weighted by Crippen LogP contribution is -2.43. The second kappa shape index (κ2) is 5.86. The second-order valence-corrected chi connectivity index (χ2v) is 5.44. The first kappa shape index (κ1) is 11.4. The minimum Gasteiger partial charge on any atom is -0.312 e. The van der Waals surface area contributed by atoms with Crippen molar-refractivity contribution in [3.05, 3.63) is 0 Å². The average Bonchev–Trinajstić information content (AvgIpc) is 2.86. The summed E-state index contributed by atoms with van der Waals surface area (Å²) in [6.07, 6.45) is 11.3. The van der Waals surface area contributed by atoms with E-state index in [0.29, 0.717) is 6.04 Å². The van der Waals surface area contributed by atoms with Gasteiger partial charge in [0.05, 0.1) is 0 Å². The lowest BCUT2D eigenvalue weighted by Gasteiger charge is -2.21. The average molecular weight is 210 g/mol. The molecule has 2 aliphatic carbocycles. The van der Waals surface area contributed by atoms with Crippen LogP contribution in [0.25, 0.3) is 0 Å². The third kappa shape index (κ3) is 3.76. The van der Waals surface area contributed by atoms with Gasteiger partial charge in [0, 0.05) is 24.7 Å². The van der Waals surface area contributed by atoms with Gasteiger partial charge in [-0.2, -0.15) is 0 Å². The molecule has 1 atom stereocenters. The largest absolute Gasteiger partial charge is 0.312 e. The molecule has 2 nitrogen and oxygen atoms in total. The van der Waals surface area contributed by atoms with Gasteiger partial charge in [-0.1, -0.05) is 25.7 Å². The summed E-state index contributed by atoms with van der Waals surface area (Å²) in [6.45, 7) is 3.47. The van der Waals surface area contributed by atoms with Gasteiger partial charge in [0.25, 0.3) is 0 Å². The maximum atomic E-state index is 3.74. The first-order valence-electron chi connectivity index (χ1n) is 6.84. The molecule has 0 aromatic rings. The monoisotopic (exact) mass is 210 g/mol. The molecule has 15 heavy (non-hydrogen) atoms. The van der Waals surface area contributed by atoms with Crippen molar-refractivity contribution in [1.82, 2.24) is 10.6 Å². The van der Waals surface area contributed by atoms with Gasteiger partial charge in [0.1, 0.15) is 0 Å². The predicted molar refractivity (Wildman–Crippen MR) is 65.1 cm³/mol. The molecule has 2 saturated carbocycles. The van der Waals surface area contributed by atoms with Gasteiger partial charge >= 0.3 is 0 Å². The van der Waals surface area contributed by atoms with Crippen molar-refractivity contribution in [2.45, 2.75) is 76.4 Å². The Labute approximate surface area is 94.2 Å². The summed E-state index contributed by atoms with van der Waals surface area (Å²) in [5.41, 5.74) is 0. The third-order valence-electron chi connectivity index (χ3n) is 3.94. The predicted octanol–water partition coefficient (Wildman–Crippen LogP) is 2.44. The van der Waals surface area contributed by atoms with E-state index < -0.39 is 0 Å². The first-order valence-corrected chi connectivity index (χ1v) is 6.84. The van der Waals surface area contributed by atoms with Crippen LogP contribution in [0.5, 0.6) is 0 Å². The van der Waals surface area contributed by atoms with Crippen molar-refractivity contribution in [2.24, 2.45) is 0 Å². The zero-order valence-electron chi connectivity index (χ0n) is 10.1. The molecule has 2 fully saturated rings. The number of nitrogens with one attached hydrogen (secondary N) is 2. The van der Waals surface area contributed by atoms with Crippen LogP contribution < -0.4 is 10.6 Å². The highest BCUT2D eigenvalue weighted by Crippen LogP contribution is 2.19. The molecule has 0 aromatic heterocycles. The Kier molecular flexibility index (Phi) is 4.45. The van der Waals surface area contributed by atoms with E-state index in [4.69, 9.17) is 0 Å². The van der Waals surface area contributed by atoms with Crippen molar-refractivity contribution in [2.75, 3.05) is 6.54 Å². The summed E-state index contributed by atoms with van der Waals surface area (Å²) in [7, 11) is 0. The molecule has 0 aromatic carbocycles. The Morgan fingerprint density at radius 1 is 0.933 bits per heavy atom. The van der Waals surface area contributed by atoms with Crippen LogP contribution in [-0.4, -0.2) is 24.7 Å². The Bertz CT molecular complexity index is 169. The maximum Gasteiger partial charge on any atom is 0.0166 e. The third-order valence-corrected chi connectivity index (χ3v) is 3.94. The maximum absolute atomic E-state index is 3.74. The van der Waals surface area contributed by atoms with Crippen LogP contribution in [0, 0.1) is 0 Å². The van der Waals surface area contributed by atoms with Crippen LogP contribution in [0.3, 0.4) is 0 Å². The zero-order chi connectivity index (χ0) is 10.5. The van der Waals surface area contributed by atoms with Crippen molar-refractivity contribution in [3.8, 4) is 0 Å². The molecule has 2 aliphatic rings. The van der Waals surface area contributed by atoms with E-state index in [1.807, 2.05) is 0 Å². The van der Waals surface area contributed by atoms with Crippen LogP contribution >= 0.6 is 0 Å². The topological polar surface area (TPSA) is 24.1 Å². The van der Waals surface area contributed by atoms with E-state index in [1.54, 1.807) is 0 Å². The molecular formula is C13H26N2. The zero-order valence-corrected chi connectivity index (χ0v) is 10.1. The standard InChI is InChI=1S/C13H26N2/c1-11(15-13-8-4-5-9-13)10-14-12-6-2-3-7-12/h11-15H,2-10H2,1H3. The lowest BCUT2D eigenvalue weighted by atomic mass is 10.2. The highest BCUT2D eigenvalue weighted by Gasteiger charge is 2.18. The fourth-order valence-electron chi connectivity index (χ4n) is 3.03. The van der Waals surface area contributed by atoms with E-state index in [0.717, 1.165) is 18.6 Å². The van der Waals surface area contributed by atoms with Crippen molar-refractivity contribution in [3.63, 3.8) is 0 Å². The van der Waals surface area contributed by atoms with Gasteiger partial charge in [0.15, 0.2) is 0 Å². The van der Waals surface area contributed by atoms with Gasteiger partial charge in [-0.05, 0) is 32.6 Å². The fourth-order valence-corrected chi connectivity index (χ4v) is 3.03. The van der Waals surface area contributed by atoms with Crippen LogP contribution in [0.2, 0.25) is 0 Å². The van der Waals surface area contributed by atoms with E-state index in [-0.39, 0.29) is 0 Å². The van der Waals surface area contributed by atoms with Crippen molar-refractivity contribution >= 4 is 0 Å². The Balaban J connectivity index is 1.57. The Morgan fingerprint density at radius 3 is 2.07 bits per heavy atom. The highest BCUT2D eigenvalue weighted by molar-refractivity contribution is 4.80. The first-order chi connectivity index (χ1) is 7.34. The Morgan fingerprint density at radius 2 is 1.47 bits per heavy atom. The molecule has 0 heterocycles. The van der Waals surface area contributed by atoms with Crippen LogP contribution in [0.4, 0.5) is 0 Å². The van der Waals surface area contributed by atoms with Crippen molar-refractivity contribution < 1.29 is 0 Å². The molecule has 0 bridgehead atoms. The van der Waals surface area contributed by atoms with Gasteiger partial charge in [-0.25, -0.2) is 0 Å². The molecule has 0 radical (unpaired) electrons. The minimum atomic E-state index is 0.647. The molecule has 88 valence electrons. The van der Waals surface area contributed by atoms with Gasteiger partial charge in [-0.3, -0.25) is 0 Å². The van der Waals surface area contributed by atoms with E-state index in [2.05, 4.69) is 17.6 Å². The van der Waals surface area contributed by atoms with E-state index in [9.17, 15) is 0 Å². The normalized spacial score (nSPS) is 26.2. The number of hydrogen-bond acceptors (Lipinski definition) is 2. The molecular weight excluding hydrogens is 184 g/mol. The SMILES string of the molecule is CC(CNC1CCCC1)NC1CCCC1. The minimum absolute atomic E-state index is 0.647. The van der Waals surface area contributed by atoms with Crippen LogP contribution in [0.15, 0.2) is 0 Å². The number of rotatable bonds is 5. The molecule has 2 N–H and O–H groups in total. The van der Waals surface area contributed by atoms with Gasteiger partial charge in [0.2, 0.25) is 0 Å². The smallest absolute Gasteiger partial charge is 0.0166 e. The molecule has 2 rings (SSSR count). The quantitative estimate of drug-likeness (QED) is 0.728. The van der Waals surface area contributed by atoms with Gasteiger partial charge in [-0.15, -0.1) is 0 Å². The lowest BCUT2D eigenvalue weighted by molar-refractivity contribution is 0.406. The fraction of sp³-hybridized carbons (Fsp3) is 1.00. The summed E-state index contributed by atoms with van der Waals surface area (Å²) >= 11 is 0. The molecule has 0 spiro atoms. The summed E-state index contributed by atoms with van der Waals surface area (Å²) in [6, 6.07) is 2.27. The summed E-state index contributed by atoms with van der Waals surface area (Å²) in [5.74, 6) is 0. The molecule has 2 heteroatoms. The highest BCUT2D eigenvalue weighted by atomic mass is 15.0. The summed E-state index contributed by atoms with van der Waals surface area (Å²) in [5, 5.41) is 7.43. The number of hydrogen-bond donors (Lipinski definition) is 2. The van der Waals surface area contributed by atoms with Gasteiger partial charge < -0.3 is 10.6 Å². The second-order valence-electron chi connectivity index (χ2n) is 5.44. The molecule has 0 amide bonds. The Hall–Kier alpha value is -0.0800.